The van der Waals surface area contributed by atoms with Crippen molar-refractivity contribution in [2.24, 2.45) is 5.73 Å². The second kappa shape index (κ2) is 9.43. The maximum absolute atomic E-state index is 13.3. The van der Waals surface area contributed by atoms with Crippen molar-refractivity contribution in [3.63, 3.8) is 0 Å². The highest BCUT2D eigenvalue weighted by Gasteiger charge is 2.43. The Morgan fingerprint density at radius 1 is 1.11 bits per heavy atom. The number of hydrogen-bond donors (Lipinski definition) is 2. The molecule has 1 aromatic heterocycles. The molecular weight excluding hydrogens is 464 g/mol. The molecule has 8 nitrogen and oxygen atoms in total. The third-order valence-electron chi connectivity index (χ3n) is 7.09. The second-order valence-electron chi connectivity index (χ2n) is 9.58. The molecule has 1 unspecified atom stereocenters. The predicted octanol–water partition coefficient (Wildman–Crippen LogP) is 3.13. The van der Waals surface area contributed by atoms with Gasteiger partial charge in [0.25, 0.3) is 11.8 Å². The number of amides is 2. The van der Waals surface area contributed by atoms with Crippen LogP contribution in [0.1, 0.15) is 23.2 Å². The average molecular weight is 495 g/mol. The van der Waals surface area contributed by atoms with E-state index in [0.717, 1.165) is 41.7 Å². The molecule has 2 aliphatic heterocycles. The summed E-state index contributed by atoms with van der Waals surface area (Å²) in [5.74, 6) is -0.339. The number of aromatic amines is 1. The van der Waals surface area contributed by atoms with Crippen LogP contribution in [0.15, 0.2) is 48.7 Å². The number of carbonyl (C=O) groups is 2. The molecule has 3 N–H and O–H groups in total. The summed E-state index contributed by atoms with van der Waals surface area (Å²) in [6, 6.07) is 13.8. The van der Waals surface area contributed by atoms with Gasteiger partial charge in [0.1, 0.15) is 0 Å². The van der Waals surface area contributed by atoms with Crippen LogP contribution >= 0.6 is 11.6 Å². The Bertz CT molecular complexity index is 1250. The molecule has 2 aliphatic rings. The molecule has 0 radical (unpaired) electrons. The third-order valence-corrected chi connectivity index (χ3v) is 7.33. The Labute approximate surface area is 210 Å². The number of para-hydroxylation sites is 2. The zero-order valence-electron chi connectivity index (χ0n) is 20.1. The van der Waals surface area contributed by atoms with Crippen LogP contribution in [-0.4, -0.2) is 79.1 Å². The Kier molecular flexibility index (Phi) is 6.34. The van der Waals surface area contributed by atoms with Crippen LogP contribution in [0, 0.1) is 0 Å². The van der Waals surface area contributed by atoms with Crippen LogP contribution in [0.2, 0.25) is 5.02 Å². The normalized spacial score (nSPS) is 18.5. The molecule has 184 valence electrons. The summed E-state index contributed by atoms with van der Waals surface area (Å²) in [6.45, 7) is 2.75. The van der Waals surface area contributed by atoms with Crippen LogP contribution < -0.4 is 15.5 Å². The van der Waals surface area contributed by atoms with E-state index in [2.05, 4.69) is 31.8 Å². The van der Waals surface area contributed by atoms with E-state index >= 15 is 0 Å². The van der Waals surface area contributed by atoms with Crippen molar-refractivity contribution in [3.8, 4) is 0 Å². The molecule has 3 aromatic rings. The zero-order chi connectivity index (χ0) is 24.7. The van der Waals surface area contributed by atoms with E-state index in [0.29, 0.717) is 30.2 Å². The largest absolute Gasteiger partial charge is 0.366 e. The van der Waals surface area contributed by atoms with Gasteiger partial charge in [-0.2, -0.15) is 0 Å². The van der Waals surface area contributed by atoms with E-state index in [1.54, 1.807) is 12.3 Å². The summed E-state index contributed by atoms with van der Waals surface area (Å²) < 4.78 is 0. The van der Waals surface area contributed by atoms with Crippen LogP contribution in [0.25, 0.3) is 10.9 Å². The van der Waals surface area contributed by atoms with Gasteiger partial charge < -0.3 is 30.3 Å². The number of rotatable bonds is 6. The number of anilines is 2. The minimum absolute atomic E-state index is 0.0119. The fraction of sp³-hybridized carbons (Fsp3) is 0.385. The molecule has 0 bridgehead atoms. The summed E-state index contributed by atoms with van der Waals surface area (Å²) in [5.41, 5.74) is 9.54. The zero-order valence-corrected chi connectivity index (χ0v) is 20.8. The number of primary amides is 1. The van der Waals surface area contributed by atoms with Crippen LogP contribution in [0.3, 0.4) is 0 Å². The van der Waals surface area contributed by atoms with Gasteiger partial charge in [0.15, 0.2) is 6.17 Å². The highest BCUT2D eigenvalue weighted by molar-refractivity contribution is 6.31. The number of carbonyl (C=O) groups excluding carboxylic acids is 2. The molecular formula is C26H31ClN6O2. The number of benzene rings is 2. The fourth-order valence-electron chi connectivity index (χ4n) is 5.37. The van der Waals surface area contributed by atoms with Crippen molar-refractivity contribution in [3.05, 3.63) is 59.2 Å². The van der Waals surface area contributed by atoms with E-state index in [4.69, 9.17) is 17.3 Å². The number of nitrogens with two attached hydrogens (primary N) is 1. The van der Waals surface area contributed by atoms with E-state index in [9.17, 15) is 9.59 Å². The van der Waals surface area contributed by atoms with Crippen molar-refractivity contribution in [1.82, 2.24) is 14.8 Å². The summed E-state index contributed by atoms with van der Waals surface area (Å²) >= 11 is 6.09. The van der Waals surface area contributed by atoms with Gasteiger partial charge in [0, 0.05) is 54.3 Å². The van der Waals surface area contributed by atoms with Gasteiger partial charge in [-0.1, -0.05) is 29.8 Å². The number of halogens is 1. The Hall–Kier alpha value is -3.23. The summed E-state index contributed by atoms with van der Waals surface area (Å²) in [7, 11) is 4.04. The van der Waals surface area contributed by atoms with Crippen LogP contribution in [0.5, 0.6) is 0 Å². The molecule has 0 aliphatic carbocycles. The van der Waals surface area contributed by atoms with Gasteiger partial charge in [0.05, 0.1) is 16.9 Å². The number of likely N-dealkylation sites (N-methyl/N-ethyl adjacent to an activating group) is 1. The molecule has 35 heavy (non-hydrogen) atoms. The maximum atomic E-state index is 13.3. The highest BCUT2D eigenvalue weighted by atomic mass is 35.5. The lowest BCUT2D eigenvalue weighted by atomic mass is 10.0. The number of H-pyrrole nitrogens is 1. The molecule has 0 saturated carbocycles. The van der Waals surface area contributed by atoms with Crippen molar-refractivity contribution in [1.29, 1.82) is 0 Å². The average Bonchev–Trinajstić information content (AvgIpc) is 3.41. The lowest BCUT2D eigenvalue weighted by Gasteiger charge is -2.41. The van der Waals surface area contributed by atoms with Crippen molar-refractivity contribution in [2.75, 3.05) is 50.1 Å². The molecule has 9 heteroatoms. The van der Waals surface area contributed by atoms with Gasteiger partial charge >= 0.3 is 0 Å². The molecule has 3 heterocycles. The van der Waals surface area contributed by atoms with E-state index in [1.807, 2.05) is 43.3 Å². The van der Waals surface area contributed by atoms with Gasteiger partial charge in [-0.15, -0.1) is 0 Å². The predicted molar refractivity (Wildman–Crippen MR) is 140 cm³/mol. The first-order valence-corrected chi connectivity index (χ1v) is 12.4. The molecule has 1 atom stereocenters. The first-order chi connectivity index (χ1) is 16.8. The van der Waals surface area contributed by atoms with Gasteiger partial charge in [-0.05, 0) is 51.2 Å². The quantitative estimate of drug-likeness (QED) is 0.549. The fourth-order valence-corrected chi connectivity index (χ4v) is 5.54. The third kappa shape index (κ3) is 4.32. The van der Waals surface area contributed by atoms with Crippen molar-refractivity contribution >= 4 is 45.7 Å². The monoisotopic (exact) mass is 494 g/mol. The number of nitrogens with one attached hydrogen (secondary N) is 1. The number of aromatic nitrogens is 1. The summed E-state index contributed by atoms with van der Waals surface area (Å²) in [4.78, 5) is 37.5. The van der Waals surface area contributed by atoms with Crippen LogP contribution in [-0.2, 0) is 4.79 Å². The second-order valence-corrected chi connectivity index (χ2v) is 10.0. The van der Waals surface area contributed by atoms with Gasteiger partial charge in [0.2, 0.25) is 0 Å². The maximum Gasteiger partial charge on any atom is 0.261 e. The molecule has 1 fully saturated rings. The first kappa shape index (κ1) is 23.5. The Morgan fingerprint density at radius 3 is 2.51 bits per heavy atom. The number of nitrogens with zero attached hydrogens (tertiary/aromatic N) is 4. The minimum atomic E-state index is -0.530. The van der Waals surface area contributed by atoms with Crippen LogP contribution in [0.4, 0.5) is 11.4 Å². The van der Waals surface area contributed by atoms with Gasteiger partial charge in [-0.3, -0.25) is 9.59 Å². The highest BCUT2D eigenvalue weighted by Crippen LogP contribution is 2.42. The molecule has 0 spiro atoms. The van der Waals surface area contributed by atoms with Crippen molar-refractivity contribution < 1.29 is 9.59 Å². The summed E-state index contributed by atoms with van der Waals surface area (Å²) in [6.07, 6.45) is 2.76. The van der Waals surface area contributed by atoms with Gasteiger partial charge in [-0.25, -0.2) is 0 Å². The SMILES string of the molecule is CN(C)CCN1c2ccccc2N(C2CCN(C(=O)c3c[nH]c4cc(Cl)ccc34)CC2)C1C(N)=O. The molecule has 2 amide bonds. The molecule has 5 rings (SSSR count). The lowest BCUT2D eigenvalue weighted by molar-refractivity contribution is -0.119. The van der Waals surface area contributed by atoms with E-state index in [1.165, 1.54) is 0 Å². The standard InChI is InChI=1S/C26H31ClN6O2/c1-30(2)13-14-32-22-5-3-4-6-23(22)33(25(32)24(28)34)18-9-11-31(12-10-18)26(35)20-16-29-21-15-17(27)7-8-19(20)21/h3-8,15-16,18,25,29H,9-14H2,1-2H3,(H2,28,34). The number of hydrogen-bond acceptors (Lipinski definition) is 5. The topological polar surface area (TPSA) is 88.9 Å². The number of piperidine rings is 1. The molecule has 2 aromatic carbocycles. The number of fused-ring (bicyclic) bond motifs is 2. The van der Waals surface area contributed by atoms with E-state index in [-0.39, 0.29) is 17.9 Å². The van der Waals surface area contributed by atoms with Crippen molar-refractivity contribution in [2.45, 2.75) is 25.0 Å². The summed E-state index contributed by atoms with van der Waals surface area (Å²) in [5, 5.41) is 1.51. The van der Waals surface area contributed by atoms with E-state index < -0.39 is 6.17 Å². The first-order valence-electron chi connectivity index (χ1n) is 12.0. The molecule has 1 saturated heterocycles. The Morgan fingerprint density at radius 2 is 1.83 bits per heavy atom. The minimum Gasteiger partial charge on any atom is -0.366 e. The lowest BCUT2D eigenvalue weighted by Crippen LogP contribution is -2.58. The number of likely N-dealkylation sites (tertiary alicyclic amines) is 1. The Balaban J connectivity index is 1.35. The smallest absolute Gasteiger partial charge is 0.261 e.